The van der Waals surface area contributed by atoms with Gasteiger partial charge < -0.3 is 16.0 Å². The number of nitrogens with zero attached hydrogens (tertiary/aromatic N) is 3. The zero-order valence-corrected chi connectivity index (χ0v) is 15.9. The van der Waals surface area contributed by atoms with Gasteiger partial charge in [0, 0.05) is 0 Å². The number of thiol groups is 2. The van der Waals surface area contributed by atoms with E-state index < -0.39 is 0 Å². The summed E-state index contributed by atoms with van der Waals surface area (Å²) in [5.41, 5.74) is -0.755. The smallest absolute Gasteiger partial charge is 0.701 e. The second-order valence-electron chi connectivity index (χ2n) is 1.38. The minimum Gasteiger partial charge on any atom is -0.701 e. The summed E-state index contributed by atoms with van der Waals surface area (Å²) in [7, 11) is 0. The van der Waals surface area contributed by atoms with Gasteiger partial charge in [-0.25, -0.2) is 25.3 Å². The Labute approximate surface area is 155 Å². The molecule has 0 bridgehead atoms. The summed E-state index contributed by atoms with van der Waals surface area (Å²) >= 11 is 12.6. The third-order valence-corrected chi connectivity index (χ3v) is 1.43. The van der Waals surface area contributed by atoms with Crippen molar-refractivity contribution < 1.29 is 88.7 Å². The fraction of sp³-hybridized carbons (Fsp3) is 0.667. The minimum atomic E-state index is -0.377. The first-order valence-electron chi connectivity index (χ1n) is 2.20. The Kier molecular flexibility index (Phi) is 18.7. The van der Waals surface area contributed by atoms with Gasteiger partial charge in [-0.1, -0.05) is 0 Å². The van der Waals surface area contributed by atoms with Crippen LogP contribution in [0.3, 0.4) is 0 Å². The molecule has 1 heterocycles. The zero-order valence-electron chi connectivity index (χ0n) is 7.30. The van der Waals surface area contributed by atoms with Gasteiger partial charge in [0.2, 0.25) is 0 Å². The van der Waals surface area contributed by atoms with E-state index in [-0.39, 0.29) is 99.7 Å². The Morgan fingerprint density at radius 1 is 1.00 bits per heavy atom. The Morgan fingerprint density at radius 2 is 1.33 bits per heavy atom. The molecule has 0 radical (unpaired) electrons. The standard InChI is InChI=1S/C3H5N3S3.3Na/c7-1-4-2(8)6-3(9)5-1;;;/h1-2H,(H3-,5,6,7,8,9);;;/q-2;3*+1/p-1. The maximum atomic E-state index is 4.67. The second kappa shape index (κ2) is 10.9. The fourth-order valence-electron chi connectivity index (χ4n) is 0.417. The molecule has 1 aliphatic rings. The van der Waals surface area contributed by atoms with Crippen molar-refractivity contribution in [3.63, 3.8) is 0 Å². The molecule has 0 aromatic heterocycles. The third kappa shape index (κ3) is 8.64. The molecule has 1 aliphatic heterocycles. The van der Waals surface area contributed by atoms with Gasteiger partial charge in [0.05, 0.1) is 0 Å². The molecule has 0 amide bonds. The predicted molar refractivity (Wildman–Crippen MR) is 48.2 cm³/mol. The first-order valence-corrected chi connectivity index (χ1v) is 3.64. The summed E-state index contributed by atoms with van der Waals surface area (Å²) in [4.78, 5) is 0. The fourth-order valence-corrected chi connectivity index (χ4v) is 1.35. The Morgan fingerprint density at radius 3 is 1.58 bits per heavy atom. The molecule has 0 aliphatic carbocycles. The first kappa shape index (κ1) is 20.7. The van der Waals surface area contributed by atoms with Crippen molar-refractivity contribution in [2.75, 3.05) is 0 Å². The van der Waals surface area contributed by atoms with E-state index >= 15 is 0 Å². The maximum absolute atomic E-state index is 4.67. The van der Waals surface area contributed by atoms with E-state index in [1.54, 1.807) is 0 Å². The monoisotopic (exact) mass is 247 g/mol. The Hall–Kier alpha value is 3.35. The van der Waals surface area contributed by atoms with Crippen LogP contribution in [-0.2, 0) is 0 Å². The molecule has 2 unspecified atom stereocenters. The van der Waals surface area contributed by atoms with E-state index in [1.807, 2.05) is 0 Å². The van der Waals surface area contributed by atoms with Gasteiger partial charge in [-0.3, -0.25) is 0 Å². The predicted octanol–water partition coefficient (Wildman–Crippen LogP) is -7.16. The molecule has 0 saturated carbocycles. The van der Waals surface area contributed by atoms with Gasteiger partial charge in [0.15, 0.2) is 0 Å². The normalized spacial score (nSPS) is 26.3. The van der Waals surface area contributed by atoms with Crippen molar-refractivity contribution in [2.24, 2.45) is 0 Å². The third-order valence-electron chi connectivity index (χ3n) is 0.718. The average molecular weight is 247 g/mol. The molecule has 2 atom stereocenters. The Bertz CT molecular complexity index is 125. The molecule has 1 saturated heterocycles. The van der Waals surface area contributed by atoms with Crippen molar-refractivity contribution >= 4 is 42.6 Å². The van der Waals surface area contributed by atoms with Crippen LogP contribution >= 0.6 is 37.5 Å². The van der Waals surface area contributed by atoms with Crippen LogP contribution in [-0.4, -0.2) is 16.1 Å². The number of rotatable bonds is 0. The van der Waals surface area contributed by atoms with Crippen LogP contribution in [0.15, 0.2) is 0 Å². The van der Waals surface area contributed by atoms with E-state index in [1.165, 1.54) is 0 Å². The van der Waals surface area contributed by atoms with Gasteiger partial charge in [0.25, 0.3) is 0 Å². The average Bonchev–Trinajstić information content (AvgIpc) is 1.59. The molecular formula is C3H4N3Na3S3. The molecule has 0 aromatic rings. The molecule has 52 valence electrons. The van der Waals surface area contributed by atoms with Crippen molar-refractivity contribution in [2.45, 2.75) is 11.0 Å². The quantitative estimate of drug-likeness (QED) is 0.249. The molecule has 0 spiro atoms. The van der Waals surface area contributed by atoms with Crippen LogP contribution in [0.2, 0.25) is 0 Å². The molecule has 9 heteroatoms. The summed E-state index contributed by atoms with van der Waals surface area (Å²) in [6.07, 6.45) is 0. The van der Waals surface area contributed by atoms with Crippen molar-refractivity contribution in [3.05, 3.63) is 16.0 Å². The van der Waals surface area contributed by atoms with Crippen LogP contribution in [0.5, 0.6) is 0 Å². The van der Waals surface area contributed by atoms with Crippen molar-refractivity contribution in [3.8, 4) is 0 Å². The van der Waals surface area contributed by atoms with Gasteiger partial charge in [0.1, 0.15) is 0 Å². The summed E-state index contributed by atoms with van der Waals surface area (Å²) in [6.45, 7) is 0. The molecule has 1 rings (SSSR count). The number of hydrogen-bond donors (Lipinski definition) is 2. The largest absolute Gasteiger partial charge is 1.00 e. The molecule has 0 aromatic carbocycles. The SMILES string of the molecule is S=C1[N-]C(S)[N-]C(S)[N-]1.[Na+].[Na+].[Na+]. The van der Waals surface area contributed by atoms with E-state index in [0.717, 1.165) is 0 Å². The van der Waals surface area contributed by atoms with Crippen LogP contribution in [0.4, 0.5) is 0 Å². The molecular weight excluding hydrogens is 243 g/mol. The van der Waals surface area contributed by atoms with Gasteiger partial charge in [-0.15, -0.1) is 12.2 Å². The summed E-state index contributed by atoms with van der Waals surface area (Å²) in [5, 5.41) is 11.6. The van der Waals surface area contributed by atoms with E-state index in [0.29, 0.717) is 5.11 Å². The molecule has 0 N–H and O–H groups in total. The number of thiocarbonyl (C=S) groups is 1. The molecule has 3 nitrogen and oxygen atoms in total. The molecule has 12 heavy (non-hydrogen) atoms. The van der Waals surface area contributed by atoms with Crippen molar-refractivity contribution in [1.29, 1.82) is 0 Å². The van der Waals surface area contributed by atoms with E-state index in [4.69, 9.17) is 0 Å². The topological polar surface area (TPSA) is 42.3 Å². The van der Waals surface area contributed by atoms with Crippen molar-refractivity contribution in [1.82, 2.24) is 0 Å². The van der Waals surface area contributed by atoms with Crippen LogP contribution < -0.4 is 88.7 Å². The summed E-state index contributed by atoms with van der Waals surface area (Å²) < 4.78 is 0. The van der Waals surface area contributed by atoms with Gasteiger partial charge in [-0.2, -0.15) is 16.1 Å². The van der Waals surface area contributed by atoms with Crippen LogP contribution in [0.25, 0.3) is 16.0 Å². The van der Waals surface area contributed by atoms with Crippen LogP contribution in [0, 0.1) is 0 Å². The van der Waals surface area contributed by atoms with E-state index in [2.05, 4.69) is 53.4 Å². The molecule has 1 fully saturated rings. The Balaban J connectivity index is -0.000000270. The van der Waals surface area contributed by atoms with E-state index in [9.17, 15) is 0 Å². The second-order valence-corrected chi connectivity index (χ2v) is 2.67. The minimum absolute atomic E-state index is 0. The van der Waals surface area contributed by atoms with Gasteiger partial charge >= 0.3 is 88.7 Å². The first-order chi connectivity index (χ1) is 4.18. The van der Waals surface area contributed by atoms with Gasteiger partial charge in [-0.05, 0) is 0 Å². The summed E-state index contributed by atoms with van der Waals surface area (Å²) in [5.74, 6) is 0. The number of hydrogen-bond acceptors (Lipinski definition) is 3. The maximum Gasteiger partial charge on any atom is 1.00 e. The van der Waals surface area contributed by atoms with Crippen LogP contribution in [0.1, 0.15) is 0 Å². The summed E-state index contributed by atoms with van der Waals surface area (Å²) in [6, 6.07) is 0. The zero-order chi connectivity index (χ0) is 6.85.